The van der Waals surface area contributed by atoms with Gasteiger partial charge in [-0.1, -0.05) is 11.2 Å². The first-order chi connectivity index (χ1) is 19.3. The maximum absolute atomic E-state index is 14.3. The van der Waals surface area contributed by atoms with Crippen LogP contribution in [0.5, 0.6) is 0 Å². The first kappa shape index (κ1) is 25.4. The van der Waals surface area contributed by atoms with Crippen LogP contribution in [-0.4, -0.2) is 33.8 Å². The quantitative estimate of drug-likeness (QED) is 0.276. The smallest absolute Gasteiger partial charge is 0.227 e. The Morgan fingerprint density at radius 1 is 1.00 bits per heavy atom. The molecule has 1 saturated carbocycles. The number of aryl methyl sites for hydroxylation is 2. The Labute approximate surface area is 231 Å². The average Bonchev–Trinajstić information content (AvgIpc) is 3.48. The van der Waals surface area contributed by atoms with Crippen molar-refractivity contribution in [2.75, 3.05) is 18.1 Å². The monoisotopic (exact) mass is 546 g/mol. The van der Waals surface area contributed by atoms with Crippen LogP contribution in [0, 0.1) is 30.9 Å². The molecule has 1 unspecified atom stereocenters. The van der Waals surface area contributed by atoms with E-state index in [0.29, 0.717) is 30.4 Å². The molecule has 0 bridgehead atoms. The second kappa shape index (κ2) is 9.51. The van der Waals surface area contributed by atoms with Gasteiger partial charge in [0.15, 0.2) is 11.6 Å². The largest absolute Gasteiger partial charge is 0.380 e. The van der Waals surface area contributed by atoms with Gasteiger partial charge in [0.1, 0.15) is 11.6 Å². The zero-order valence-electron chi connectivity index (χ0n) is 22.8. The van der Waals surface area contributed by atoms with Gasteiger partial charge in [-0.15, -0.1) is 0 Å². The number of hydrogen-bond acceptors (Lipinski definition) is 5. The number of fused-ring (bicyclic) bond motifs is 1. The van der Waals surface area contributed by atoms with Gasteiger partial charge in [0.05, 0.1) is 36.0 Å². The normalized spacial score (nSPS) is 21.4. The highest BCUT2D eigenvalue weighted by atomic mass is 19.2. The lowest BCUT2D eigenvalue weighted by Crippen LogP contribution is -2.45. The van der Waals surface area contributed by atoms with Crippen molar-refractivity contribution in [3.05, 3.63) is 65.3 Å². The zero-order chi connectivity index (χ0) is 27.6. The lowest BCUT2D eigenvalue weighted by Gasteiger charge is -2.47. The minimum Gasteiger partial charge on any atom is -0.380 e. The number of imidazole rings is 1. The number of anilines is 1. The molecular formula is C31H32F2N4O3. The summed E-state index contributed by atoms with van der Waals surface area (Å²) >= 11 is 0. The van der Waals surface area contributed by atoms with E-state index in [1.165, 1.54) is 6.07 Å². The van der Waals surface area contributed by atoms with Crippen molar-refractivity contribution in [3.8, 4) is 11.1 Å². The van der Waals surface area contributed by atoms with Crippen LogP contribution in [0.3, 0.4) is 0 Å². The minimum absolute atomic E-state index is 0.105. The molecule has 1 spiro atoms. The zero-order valence-corrected chi connectivity index (χ0v) is 22.8. The van der Waals surface area contributed by atoms with Crippen molar-refractivity contribution in [2.45, 2.75) is 70.9 Å². The molecule has 1 atom stereocenters. The van der Waals surface area contributed by atoms with Gasteiger partial charge in [-0.05, 0) is 82.2 Å². The Balaban J connectivity index is 1.36. The molecule has 3 fully saturated rings. The topological polar surface area (TPSA) is 73.4 Å². The predicted octanol–water partition coefficient (Wildman–Crippen LogP) is 6.98. The van der Waals surface area contributed by atoms with Gasteiger partial charge in [-0.2, -0.15) is 0 Å². The van der Waals surface area contributed by atoms with Gasteiger partial charge in [0.25, 0.3) is 0 Å². The number of benzene rings is 2. The maximum atomic E-state index is 14.3. The molecule has 9 heteroatoms. The van der Waals surface area contributed by atoms with E-state index in [2.05, 4.69) is 27.9 Å². The van der Waals surface area contributed by atoms with Crippen LogP contribution in [0.25, 0.3) is 22.2 Å². The van der Waals surface area contributed by atoms with Gasteiger partial charge < -0.3 is 18.7 Å². The molecule has 2 aliphatic heterocycles. The number of halogens is 2. The second-order valence-corrected chi connectivity index (χ2v) is 11.7. The van der Waals surface area contributed by atoms with Crippen molar-refractivity contribution < 1.29 is 22.8 Å². The summed E-state index contributed by atoms with van der Waals surface area (Å²) in [5, 5.41) is 4.12. The fourth-order valence-electron chi connectivity index (χ4n) is 7.01. The van der Waals surface area contributed by atoms with Crippen LogP contribution in [0.1, 0.15) is 74.3 Å². The number of rotatable bonds is 4. The number of piperidine rings is 1. The summed E-state index contributed by atoms with van der Waals surface area (Å²) in [7, 11) is 0. The maximum Gasteiger partial charge on any atom is 0.227 e. The van der Waals surface area contributed by atoms with E-state index in [1.807, 2.05) is 13.8 Å². The lowest BCUT2D eigenvalue weighted by atomic mass is 9.71. The summed E-state index contributed by atoms with van der Waals surface area (Å²) in [4.78, 5) is 20.2. The molecule has 4 heterocycles. The number of ether oxygens (including phenoxy) is 1. The summed E-state index contributed by atoms with van der Waals surface area (Å²) in [6.07, 6.45) is 5.93. The SMILES string of the molecule is Cc1noc(C)c1-c1ccc2c(c1)nc(C1CCCC(=O)N1c1ccc(F)c(F)c1)n2C1CCC2(CC1)COC2. The van der Waals surface area contributed by atoms with Gasteiger partial charge >= 0.3 is 0 Å². The molecule has 0 N–H and O–H groups in total. The molecule has 7 rings (SSSR count). The highest BCUT2D eigenvalue weighted by molar-refractivity contribution is 5.95. The molecule has 2 aromatic heterocycles. The van der Waals surface area contributed by atoms with E-state index in [9.17, 15) is 13.6 Å². The summed E-state index contributed by atoms with van der Waals surface area (Å²) in [5.41, 5.74) is 5.26. The Bertz CT molecular complexity index is 1590. The summed E-state index contributed by atoms with van der Waals surface area (Å²) in [5.74, 6) is -0.451. The molecule has 0 radical (unpaired) electrons. The Morgan fingerprint density at radius 2 is 1.80 bits per heavy atom. The molecule has 208 valence electrons. The highest BCUT2D eigenvalue weighted by Gasteiger charge is 2.43. The third kappa shape index (κ3) is 4.05. The Hall–Kier alpha value is -3.59. The van der Waals surface area contributed by atoms with Crippen molar-refractivity contribution in [1.82, 2.24) is 14.7 Å². The minimum atomic E-state index is -0.965. The van der Waals surface area contributed by atoms with Crippen LogP contribution in [0.4, 0.5) is 14.5 Å². The second-order valence-electron chi connectivity index (χ2n) is 11.7. The molecule has 40 heavy (non-hydrogen) atoms. The summed E-state index contributed by atoms with van der Waals surface area (Å²) < 4.78 is 41.5. The molecule has 4 aromatic rings. The standard InChI is InChI=1S/C31H32F2N4O3/c1-18-29(19(2)40-35-18)20-6-9-26-25(14-20)34-30(37(26)21-10-12-31(13-11-21)16-39-17-31)27-4-3-5-28(38)36(27)22-7-8-23(32)24(33)15-22/h6-9,14-15,21,27H,3-5,10-13,16-17H2,1-2H3. The number of amides is 1. The van der Waals surface area contributed by atoms with Gasteiger partial charge in [0, 0.05) is 35.2 Å². The van der Waals surface area contributed by atoms with Crippen molar-refractivity contribution in [1.29, 1.82) is 0 Å². The predicted molar refractivity (Wildman–Crippen MR) is 146 cm³/mol. The third-order valence-corrected chi connectivity index (χ3v) is 9.16. The Morgan fingerprint density at radius 3 is 2.48 bits per heavy atom. The third-order valence-electron chi connectivity index (χ3n) is 9.16. The lowest BCUT2D eigenvalue weighted by molar-refractivity contribution is -0.135. The molecule has 1 aliphatic carbocycles. The number of aromatic nitrogens is 3. The van der Waals surface area contributed by atoms with E-state index in [1.54, 1.807) is 4.90 Å². The molecule has 3 aliphatic rings. The van der Waals surface area contributed by atoms with Crippen LogP contribution < -0.4 is 4.90 Å². The first-order valence-corrected chi connectivity index (χ1v) is 14.1. The van der Waals surface area contributed by atoms with E-state index >= 15 is 0 Å². The van der Waals surface area contributed by atoms with E-state index in [4.69, 9.17) is 14.2 Å². The fraction of sp³-hybridized carbons (Fsp3) is 0.452. The van der Waals surface area contributed by atoms with Crippen LogP contribution in [0.15, 0.2) is 40.9 Å². The average molecular weight is 547 g/mol. The van der Waals surface area contributed by atoms with Gasteiger partial charge in [0.2, 0.25) is 5.91 Å². The molecule has 7 nitrogen and oxygen atoms in total. The first-order valence-electron chi connectivity index (χ1n) is 14.1. The number of carbonyl (C=O) groups excluding carboxylic acids is 1. The summed E-state index contributed by atoms with van der Waals surface area (Å²) in [6, 6.07) is 9.79. The highest BCUT2D eigenvalue weighted by Crippen LogP contribution is 2.48. The van der Waals surface area contributed by atoms with Crippen LogP contribution in [-0.2, 0) is 9.53 Å². The van der Waals surface area contributed by atoms with E-state index < -0.39 is 11.6 Å². The Kier molecular flexibility index (Phi) is 6.03. The van der Waals surface area contributed by atoms with Gasteiger partial charge in [-0.3, -0.25) is 4.79 Å². The number of hydrogen-bond donors (Lipinski definition) is 0. The molecular weight excluding hydrogens is 514 g/mol. The van der Waals surface area contributed by atoms with Crippen LogP contribution >= 0.6 is 0 Å². The number of nitrogens with zero attached hydrogens (tertiary/aromatic N) is 4. The summed E-state index contributed by atoms with van der Waals surface area (Å²) in [6.45, 7) is 5.49. The van der Waals surface area contributed by atoms with Gasteiger partial charge in [-0.25, -0.2) is 13.8 Å². The fourth-order valence-corrected chi connectivity index (χ4v) is 7.01. The molecule has 1 amide bonds. The van der Waals surface area contributed by atoms with Crippen molar-refractivity contribution in [3.63, 3.8) is 0 Å². The number of carbonyl (C=O) groups is 1. The molecule has 2 aromatic carbocycles. The molecule has 2 saturated heterocycles. The van der Waals surface area contributed by atoms with Crippen molar-refractivity contribution >= 4 is 22.6 Å². The van der Waals surface area contributed by atoms with Crippen LogP contribution in [0.2, 0.25) is 0 Å². The van der Waals surface area contributed by atoms with E-state index in [-0.39, 0.29) is 18.0 Å². The van der Waals surface area contributed by atoms with E-state index in [0.717, 1.165) is 90.5 Å². The van der Waals surface area contributed by atoms with Crippen molar-refractivity contribution in [2.24, 2.45) is 5.41 Å².